The van der Waals surface area contributed by atoms with Crippen molar-refractivity contribution in [3.05, 3.63) is 18.2 Å². The van der Waals surface area contributed by atoms with Gasteiger partial charge in [0.25, 0.3) is 0 Å². The molecule has 0 amide bonds. The first-order valence-electron chi connectivity index (χ1n) is 6.12. The van der Waals surface area contributed by atoms with Crippen molar-refractivity contribution in [2.75, 3.05) is 26.8 Å². The molecular formula is C12H21N3O. The zero-order valence-electron chi connectivity index (χ0n) is 9.98. The van der Waals surface area contributed by atoms with Crippen LogP contribution in [-0.2, 0) is 11.3 Å². The number of rotatable bonds is 5. The number of hydrogen-bond donors (Lipinski definition) is 1. The Labute approximate surface area is 97.0 Å². The third kappa shape index (κ3) is 2.83. The Balaban J connectivity index is 1.94. The van der Waals surface area contributed by atoms with Crippen molar-refractivity contribution in [1.29, 1.82) is 0 Å². The molecule has 0 aromatic carbocycles. The number of aromatic nitrogens is 2. The molecular weight excluding hydrogens is 202 g/mol. The molecule has 1 aliphatic rings. The third-order valence-electron chi connectivity index (χ3n) is 3.20. The summed E-state index contributed by atoms with van der Waals surface area (Å²) in [5.41, 5.74) is 0. The molecule has 0 atom stereocenters. The molecule has 0 spiro atoms. The first kappa shape index (κ1) is 11.6. The smallest absolute Gasteiger partial charge is 0.111 e. The largest absolute Gasteiger partial charge is 0.385 e. The number of hydrogen-bond acceptors (Lipinski definition) is 3. The van der Waals surface area contributed by atoms with Gasteiger partial charge in [-0.05, 0) is 32.4 Å². The SMILES string of the molecule is COCCCn1ccnc1C1CCNCC1. The Morgan fingerprint density at radius 2 is 2.31 bits per heavy atom. The summed E-state index contributed by atoms with van der Waals surface area (Å²) in [4.78, 5) is 4.51. The van der Waals surface area contributed by atoms with Crippen molar-refractivity contribution in [3.8, 4) is 0 Å². The zero-order valence-corrected chi connectivity index (χ0v) is 9.98. The zero-order chi connectivity index (χ0) is 11.2. The summed E-state index contributed by atoms with van der Waals surface area (Å²) in [6, 6.07) is 0. The van der Waals surface area contributed by atoms with Gasteiger partial charge in [0.1, 0.15) is 5.82 Å². The summed E-state index contributed by atoms with van der Waals surface area (Å²) in [5, 5.41) is 3.39. The summed E-state index contributed by atoms with van der Waals surface area (Å²) in [5.74, 6) is 1.90. The number of nitrogens with one attached hydrogen (secondary N) is 1. The average molecular weight is 223 g/mol. The van der Waals surface area contributed by atoms with Crippen molar-refractivity contribution in [2.45, 2.75) is 31.7 Å². The van der Waals surface area contributed by atoms with E-state index in [9.17, 15) is 0 Å². The maximum Gasteiger partial charge on any atom is 0.111 e. The molecule has 0 saturated carbocycles. The lowest BCUT2D eigenvalue weighted by molar-refractivity contribution is 0.189. The van der Waals surface area contributed by atoms with Crippen LogP contribution in [-0.4, -0.2) is 36.4 Å². The molecule has 0 bridgehead atoms. The predicted octanol–water partition coefficient (Wildman–Crippen LogP) is 1.39. The quantitative estimate of drug-likeness (QED) is 0.767. The van der Waals surface area contributed by atoms with Gasteiger partial charge in [0, 0.05) is 38.6 Å². The van der Waals surface area contributed by atoms with E-state index >= 15 is 0 Å². The third-order valence-corrected chi connectivity index (χ3v) is 3.20. The van der Waals surface area contributed by atoms with Crippen LogP contribution in [0, 0.1) is 0 Å². The van der Waals surface area contributed by atoms with Gasteiger partial charge in [-0.3, -0.25) is 0 Å². The van der Waals surface area contributed by atoms with Gasteiger partial charge in [-0.1, -0.05) is 0 Å². The Morgan fingerprint density at radius 3 is 3.06 bits per heavy atom. The topological polar surface area (TPSA) is 39.1 Å². The lowest BCUT2D eigenvalue weighted by Crippen LogP contribution is -2.28. The number of aryl methyl sites for hydroxylation is 1. The molecule has 1 saturated heterocycles. The van der Waals surface area contributed by atoms with Gasteiger partial charge in [0.2, 0.25) is 0 Å². The van der Waals surface area contributed by atoms with E-state index in [-0.39, 0.29) is 0 Å². The Morgan fingerprint density at radius 1 is 1.50 bits per heavy atom. The van der Waals surface area contributed by atoms with E-state index in [2.05, 4.69) is 21.1 Å². The van der Waals surface area contributed by atoms with Crippen molar-refractivity contribution in [2.24, 2.45) is 0 Å². The molecule has 0 aliphatic carbocycles. The minimum atomic E-state index is 0.638. The van der Waals surface area contributed by atoms with Crippen LogP contribution >= 0.6 is 0 Å². The molecule has 0 radical (unpaired) electrons. The van der Waals surface area contributed by atoms with E-state index in [4.69, 9.17) is 4.74 Å². The van der Waals surface area contributed by atoms with E-state index in [1.54, 1.807) is 7.11 Å². The number of imidazole rings is 1. The maximum atomic E-state index is 5.08. The normalized spacial score (nSPS) is 17.8. The van der Waals surface area contributed by atoms with Gasteiger partial charge in [-0.15, -0.1) is 0 Å². The van der Waals surface area contributed by atoms with E-state index in [1.165, 1.54) is 18.7 Å². The highest BCUT2D eigenvalue weighted by Gasteiger charge is 2.19. The fourth-order valence-electron chi connectivity index (χ4n) is 2.33. The molecule has 1 aromatic rings. The van der Waals surface area contributed by atoms with Crippen molar-refractivity contribution >= 4 is 0 Å². The lowest BCUT2D eigenvalue weighted by Gasteiger charge is -2.23. The minimum absolute atomic E-state index is 0.638. The minimum Gasteiger partial charge on any atom is -0.385 e. The second-order valence-corrected chi connectivity index (χ2v) is 4.35. The van der Waals surface area contributed by atoms with Crippen LogP contribution in [0.5, 0.6) is 0 Å². The van der Waals surface area contributed by atoms with Crippen LogP contribution in [0.1, 0.15) is 31.0 Å². The first-order valence-corrected chi connectivity index (χ1v) is 6.12. The first-order chi connectivity index (χ1) is 7.92. The molecule has 2 rings (SSSR count). The van der Waals surface area contributed by atoms with Crippen LogP contribution < -0.4 is 5.32 Å². The average Bonchev–Trinajstić information content (AvgIpc) is 2.79. The van der Waals surface area contributed by atoms with Crippen LogP contribution in [0.3, 0.4) is 0 Å². The van der Waals surface area contributed by atoms with Gasteiger partial charge in [0.05, 0.1) is 0 Å². The molecule has 4 nitrogen and oxygen atoms in total. The van der Waals surface area contributed by atoms with Gasteiger partial charge in [-0.2, -0.15) is 0 Å². The number of ether oxygens (including phenoxy) is 1. The Bertz CT molecular complexity index is 305. The second-order valence-electron chi connectivity index (χ2n) is 4.35. The molecule has 90 valence electrons. The molecule has 1 aliphatic heterocycles. The summed E-state index contributed by atoms with van der Waals surface area (Å²) in [7, 11) is 1.75. The summed E-state index contributed by atoms with van der Waals surface area (Å²) in [6.45, 7) is 4.09. The van der Waals surface area contributed by atoms with E-state index in [0.717, 1.165) is 32.7 Å². The monoisotopic (exact) mass is 223 g/mol. The van der Waals surface area contributed by atoms with Crippen LogP contribution in [0.2, 0.25) is 0 Å². The van der Waals surface area contributed by atoms with Crippen LogP contribution in [0.25, 0.3) is 0 Å². The Kier molecular flexibility index (Phi) is 4.36. The molecule has 1 N–H and O–H groups in total. The molecule has 1 fully saturated rings. The molecule has 16 heavy (non-hydrogen) atoms. The van der Waals surface area contributed by atoms with Crippen LogP contribution in [0.4, 0.5) is 0 Å². The fraction of sp³-hybridized carbons (Fsp3) is 0.750. The molecule has 2 heterocycles. The highest BCUT2D eigenvalue weighted by atomic mass is 16.5. The van der Waals surface area contributed by atoms with Crippen molar-refractivity contribution < 1.29 is 4.74 Å². The molecule has 4 heteroatoms. The number of piperidine rings is 1. The van der Waals surface area contributed by atoms with E-state index < -0.39 is 0 Å². The second kappa shape index (κ2) is 6.01. The highest BCUT2D eigenvalue weighted by Crippen LogP contribution is 2.23. The predicted molar refractivity (Wildman–Crippen MR) is 63.6 cm³/mol. The number of methoxy groups -OCH3 is 1. The highest BCUT2D eigenvalue weighted by molar-refractivity contribution is 5.02. The van der Waals surface area contributed by atoms with Gasteiger partial charge < -0.3 is 14.6 Å². The molecule has 0 unspecified atom stereocenters. The fourth-order valence-corrected chi connectivity index (χ4v) is 2.33. The molecule has 1 aromatic heterocycles. The van der Waals surface area contributed by atoms with Gasteiger partial charge >= 0.3 is 0 Å². The standard InChI is InChI=1S/C12H21N3O/c1-16-10-2-8-15-9-7-14-12(15)11-3-5-13-6-4-11/h7,9,11,13H,2-6,8,10H2,1H3. The van der Waals surface area contributed by atoms with Crippen molar-refractivity contribution in [1.82, 2.24) is 14.9 Å². The summed E-state index contributed by atoms with van der Waals surface area (Å²) in [6.07, 6.45) is 7.49. The number of nitrogens with zero attached hydrogens (tertiary/aromatic N) is 2. The van der Waals surface area contributed by atoms with Crippen LogP contribution in [0.15, 0.2) is 12.4 Å². The van der Waals surface area contributed by atoms with Gasteiger partial charge in [-0.25, -0.2) is 4.98 Å². The van der Waals surface area contributed by atoms with Crippen molar-refractivity contribution in [3.63, 3.8) is 0 Å². The summed E-state index contributed by atoms with van der Waals surface area (Å²) < 4.78 is 7.37. The maximum absolute atomic E-state index is 5.08. The van der Waals surface area contributed by atoms with Gasteiger partial charge in [0.15, 0.2) is 0 Å². The van der Waals surface area contributed by atoms with E-state index in [0.29, 0.717) is 5.92 Å². The lowest BCUT2D eigenvalue weighted by atomic mass is 9.97. The Hall–Kier alpha value is -0.870. The van der Waals surface area contributed by atoms with E-state index in [1.807, 2.05) is 6.20 Å². The summed E-state index contributed by atoms with van der Waals surface area (Å²) >= 11 is 0.